The molecule has 2 heterocycles. The fraction of sp³-hybridized carbons (Fsp3) is 0.211. The Balaban J connectivity index is 1.94. The second kappa shape index (κ2) is 5.60. The summed E-state index contributed by atoms with van der Waals surface area (Å²) in [7, 11) is 3.02. The minimum Gasteiger partial charge on any atom is -0.492 e. The predicted octanol–water partition coefficient (Wildman–Crippen LogP) is 4.16. The molecule has 0 aliphatic carbocycles. The third-order valence-corrected chi connectivity index (χ3v) is 4.27. The maximum Gasteiger partial charge on any atom is 0.205 e. The summed E-state index contributed by atoms with van der Waals surface area (Å²) < 4.78 is 22.6. The van der Waals surface area contributed by atoms with Crippen LogP contribution in [0, 0.1) is 0 Å². The smallest absolute Gasteiger partial charge is 0.205 e. The molecule has 0 fully saturated rings. The van der Waals surface area contributed by atoms with E-state index in [1.54, 1.807) is 12.3 Å². The van der Waals surface area contributed by atoms with Gasteiger partial charge in [0, 0.05) is 0 Å². The normalized spacial score (nSPS) is 16.6. The fourth-order valence-corrected chi connectivity index (χ4v) is 3.18. The summed E-state index contributed by atoms with van der Waals surface area (Å²) in [6.45, 7) is 0. The molecule has 1 atom stereocenters. The van der Waals surface area contributed by atoms with Crippen LogP contribution >= 0.6 is 0 Å². The van der Waals surface area contributed by atoms with E-state index in [1.807, 2.05) is 30.3 Å². The van der Waals surface area contributed by atoms with Gasteiger partial charge in [0.1, 0.15) is 17.4 Å². The third kappa shape index (κ3) is 2.05. The van der Waals surface area contributed by atoms with Gasteiger partial charge in [-0.1, -0.05) is 30.3 Å². The van der Waals surface area contributed by atoms with Crippen LogP contribution in [0.5, 0.6) is 17.2 Å². The first-order valence-corrected chi connectivity index (χ1v) is 7.64. The van der Waals surface area contributed by atoms with Crippen LogP contribution in [0.3, 0.4) is 0 Å². The van der Waals surface area contributed by atoms with Crippen molar-refractivity contribution in [3.05, 3.63) is 53.8 Å². The van der Waals surface area contributed by atoms with Crippen molar-refractivity contribution < 1.29 is 23.4 Å². The first kappa shape index (κ1) is 14.6. The number of ketones is 1. The molecule has 1 aliphatic rings. The van der Waals surface area contributed by atoms with E-state index in [9.17, 15) is 4.79 Å². The van der Waals surface area contributed by atoms with E-state index in [-0.39, 0.29) is 18.3 Å². The molecule has 0 unspecified atom stereocenters. The number of carbonyl (C=O) groups is 1. The van der Waals surface area contributed by atoms with Crippen molar-refractivity contribution >= 4 is 16.8 Å². The van der Waals surface area contributed by atoms with Gasteiger partial charge in [0.25, 0.3) is 0 Å². The lowest BCUT2D eigenvalue weighted by molar-refractivity contribution is 0.0847. The number of rotatable bonds is 3. The van der Waals surface area contributed by atoms with Crippen molar-refractivity contribution in [3.8, 4) is 17.2 Å². The number of fused-ring (bicyclic) bond motifs is 3. The summed E-state index contributed by atoms with van der Waals surface area (Å²) in [5.41, 5.74) is 1.88. The highest BCUT2D eigenvalue weighted by molar-refractivity contribution is 6.10. The molecule has 2 aromatic carbocycles. The third-order valence-electron chi connectivity index (χ3n) is 4.27. The minimum absolute atomic E-state index is 0.0386. The van der Waals surface area contributed by atoms with Gasteiger partial charge in [0.15, 0.2) is 17.1 Å². The van der Waals surface area contributed by atoms with Crippen molar-refractivity contribution in [2.45, 2.75) is 12.5 Å². The van der Waals surface area contributed by atoms with Gasteiger partial charge in [-0.3, -0.25) is 4.79 Å². The van der Waals surface area contributed by atoms with Gasteiger partial charge >= 0.3 is 0 Å². The lowest BCUT2D eigenvalue weighted by Crippen LogP contribution is -2.21. The topological polar surface area (TPSA) is 57.9 Å². The van der Waals surface area contributed by atoms with Crippen molar-refractivity contribution in [1.82, 2.24) is 0 Å². The highest BCUT2D eigenvalue weighted by Gasteiger charge is 2.35. The molecule has 0 saturated heterocycles. The Morgan fingerprint density at radius 2 is 1.79 bits per heavy atom. The van der Waals surface area contributed by atoms with Crippen molar-refractivity contribution in [3.63, 3.8) is 0 Å². The van der Waals surface area contributed by atoms with Crippen LogP contribution in [0.15, 0.2) is 47.1 Å². The Bertz CT molecular complexity index is 910. The van der Waals surface area contributed by atoms with E-state index in [4.69, 9.17) is 18.6 Å². The Morgan fingerprint density at radius 1 is 1.04 bits per heavy atom. The van der Waals surface area contributed by atoms with E-state index in [0.29, 0.717) is 33.8 Å². The molecule has 5 heteroatoms. The number of furan rings is 1. The van der Waals surface area contributed by atoms with Crippen molar-refractivity contribution in [2.24, 2.45) is 0 Å². The van der Waals surface area contributed by atoms with Crippen LogP contribution in [0.25, 0.3) is 11.0 Å². The van der Waals surface area contributed by atoms with Crippen LogP contribution in [0.4, 0.5) is 0 Å². The first-order valence-electron chi connectivity index (χ1n) is 7.64. The Morgan fingerprint density at radius 3 is 2.50 bits per heavy atom. The molecule has 1 aromatic heterocycles. The monoisotopic (exact) mass is 324 g/mol. The average molecular weight is 324 g/mol. The van der Waals surface area contributed by atoms with Gasteiger partial charge < -0.3 is 18.6 Å². The Hall–Kier alpha value is -2.95. The molecule has 0 bridgehead atoms. The van der Waals surface area contributed by atoms with Crippen molar-refractivity contribution in [1.29, 1.82) is 0 Å². The van der Waals surface area contributed by atoms with E-state index >= 15 is 0 Å². The molecule has 24 heavy (non-hydrogen) atoms. The molecule has 1 aliphatic heterocycles. The van der Waals surface area contributed by atoms with E-state index in [2.05, 4.69) is 0 Å². The van der Waals surface area contributed by atoms with Gasteiger partial charge in [-0.05, 0) is 11.6 Å². The van der Waals surface area contributed by atoms with Gasteiger partial charge in [-0.2, -0.15) is 0 Å². The summed E-state index contributed by atoms with van der Waals surface area (Å²) in [5.74, 6) is 1.21. The summed E-state index contributed by atoms with van der Waals surface area (Å²) in [6.07, 6.45) is 1.47. The largest absolute Gasteiger partial charge is 0.492 e. The van der Waals surface area contributed by atoms with E-state index in [0.717, 1.165) is 5.56 Å². The van der Waals surface area contributed by atoms with Crippen LogP contribution < -0.4 is 14.2 Å². The maximum atomic E-state index is 12.8. The highest BCUT2D eigenvalue weighted by atomic mass is 16.5. The number of hydrogen-bond acceptors (Lipinski definition) is 5. The molecule has 0 saturated carbocycles. The van der Waals surface area contributed by atoms with Crippen LogP contribution in [-0.2, 0) is 0 Å². The molecule has 122 valence electrons. The highest BCUT2D eigenvalue weighted by Crippen LogP contribution is 2.50. The van der Waals surface area contributed by atoms with Gasteiger partial charge in [0.2, 0.25) is 5.75 Å². The number of benzene rings is 2. The van der Waals surface area contributed by atoms with Gasteiger partial charge in [0.05, 0.1) is 32.3 Å². The molecule has 0 spiro atoms. The zero-order valence-electron chi connectivity index (χ0n) is 13.4. The Labute approximate surface area is 138 Å². The number of carbonyl (C=O) groups excluding carboxylic acids is 1. The van der Waals surface area contributed by atoms with Gasteiger partial charge in [-0.25, -0.2) is 0 Å². The van der Waals surface area contributed by atoms with E-state index < -0.39 is 0 Å². The van der Waals surface area contributed by atoms with Crippen LogP contribution in [-0.4, -0.2) is 20.0 Å². The Kier molecular flexibility index (Phi) is 3.41. The molecule has 5 nitrogen and oxygen atoms in total. The molecular weight excluding hydrogens is 308 g/mol. The predicted molar refractivity (Wildman–Crippen MR) is 88.1 cm³/mol. The van der Waals surface area contributed by atoms with Crippen LogP contribution in [0.2, 0.25) is 0 Å². The fourth-order valence-electron chi connectivity index (χ4n) is 3.18. The zero-order chi connectivity index (χ0) is 16.7. The lowest BCUT2D eigenvalue weighted by Gasteiger charge is -2.27. The molecule has 4 rings (SSSR count). The van der Waals surface area contributed by atoms with Crippen molar-refractivity contribution in [2.75, 3.05) is 14.2 Å². The minimum atomic E-state index is -0.331. The summed E-state index contributed by atoms with van der Waals surface area (Å²) >= 11 is 0. The molecule has 3 aromatic rings. The molecule has 0 radical (unpaired) electrons. The number of Topliss-reactive ketones (excluding diaryl/α,β-unsaturated/α-hetero) is 1. The summed E-state index contributed by atoms with van der Waals surface area (Å²) in [4.78, 5) is 12.8. The second-order valence-corrected chi connectivity index (χ2v) is 5.58. The lowest BCUT2D eigenvalue weighted by atomic mass is 9.94. The second-order valence-electron chi connectivity index (χ2n) is 5.58. The van der Waals surface area contributed by atoms with E-state index in [1.165, 1.54) is 14.2 Å². The van der Waals surface area contributed by atoms with Crippen LogP contribution in [0.1, 0.15) is 28.4 Å². The molecule has 0 amide bonds. The van der Waals surface area contributed by atoms with Gasteiger partial charge in [-0.15, -0.1) is 0 Å². The summed E-state index contributed by atoms with van der Waals surface area (Å²) in [5, 5.41) is 0.705. The number of ether oxygens (including phenoxy) is 3. The quantitative estimate of drug-likeness (QED) is 0.724. The molecule has 0 N–H and O–H groups in total. The first-order chi connectivity index (χ1) is 11.7. The maximum absolute atomic E-state index is 12.8. The molecular formula is C19H16O5. The zero-order valence-corrected chi connectivity index (χ0v) is 13.4. The SMILES string of the molecule is COc1c2c(c3ccoc3c1OC)O[C@H](c1ccccc1)CC2=O. The standard InChI is InChI=1S/C19H16O5/c1-21-18-15-13(20)10-14(11-6-4-3-5-7-11)24-16(15)12-8-9-23-17(12)19(18)22-2/h3-9,14H,10H2,1-2H3/t14-/m0/s1. The average Bonchev–Trinajstić information content (AvgIpc) is 3.11. The number of hydrogen-bond donors (Lipinski definition) is 0. The summed E-state index contributed by atoms with van der Waals surface area (Å²) in [6, 6.07) is 11.5. The number of methoxy groups -OCH3 is 2.